The number of urea groups is 1. The van der Waals surface area contributed by atoms with E-state index in [4.69, 9.17) is 4.74 Å². The summed E-state index contributed by atoms with van der Waals surface area (Å²) in [6.45, 7) is 2.23. The monoisotopic (exact) mass is 349 g/mol. The lowest BCUT2D eigenvalue weighted by atomic mass is 10.1. The predicted molar refractivity (Wildman–Crippen MR) is 92.5 cm³/mol. The van der Waals surface area contributed by atoms with Crippen molar-refractivity contribution in [1.82, 2.24) is 25.3 Å². The van der Waals surface area contributed by atoms with Crippen LogP contribution in [0.4, 0.5) is 4.79 Å². The van der Waals surface area contributed by atoms with Crippen molar-refractivity contribution in [3.8, 4) is 0 Å². The lowest BCUT2D eigenvalue weighted by Crippen LogP contribution is -2.50. The van der Waals surface area contributed by atoms with Crippen molar-refractivity contribution < 1.29 is 14.3 Å². The van der Waals surface area contributed by atoms with Crippen LogP contribution in [-0.4, -0.2) is 78.4 Å². The highest BCUT2D eigenvalue weighted by atomic mass is 16.5. The molecule has 1 aliphatic heterocycles. The van der Waals surface area contributed by atoms with Gasteiger partial charge in [0.05, 0.1) is 0 Å². The Labute approximate surface area is 147 Å². The Morgan fingerprint density at radius 3 is 2.64 bits per heavy atom. The minimum Gasteiger partial charge on any atom is -0.381 e. The molecule has 0 bridgehead atoms. The van der Waals surface area contributed by atoms with Gasteiger partial charge in [0.25, 0.3) is 5.91 Å². The van der Waals surface area contributed by atoms with Crippen LogP contribution in [-0.2, 0) is 4.74 Å². The number of aromatic amines is 1. The first-order chi connectivity index (χ1) is 12.1. The molecule has 2 N–H and O–H groups in total. The van der Waals surface area contributed by atoms with Gasteiger partial charge in [0.2, 0.25) is 0 Å². The molecule has 25 heavy (non-hydrogen) atoms. The fourth-order valence-electron chi connectivity index (χ4n) is 3.12. The minimum atomic E-state index is -0.202. The molecule has 138 valence electrons. The zero-order valence-electron chi connectivity index (χ0n) is 15.0. The maximum absolute atomic E-state index is 12.5. The van der Waals surface area contributed by atoms with Gasteiger partial charge < -0.3 is 19.9 Å². The number of H-pyrrole nitrogens is 1. The summed E-state index contributed by atoms with van der Waals surface area (Å²) in [5, 5.41) is 9.89. The molecule has 0 aromatic carbocycles. The molecular weight excluding hydrogens is 322 g/mol. The standard InChI is InChI=1S/C17H27N5O3/c1-21(2)17(24)22(13-5-9-25-10-6-13)8-7-18-16(23)15-11-14(19-20-15)12-3-4-12/h11-13H,3-10H2,1-2H3,(H,18,23)(H,19,20). The van der Waals surface area contributed by atoms with Crippen molar-refractivity contribution >= 4 is 11.9 Å². The molecule has 1 saturated carbocycles. The van der Waals surface area contributed by atoms with Crippen molar-refractivity contribution in [2.45, 2.75) is 37.6 Å². The smallest absolute Gasteiger partial charge is 0.319 e. The SMILES string of the molecule is CN(C)C(=O)N(CCNC(=O)c1cc(C2CC2)[nH]n1)C1CCOCC1. The highest BCUT2D eigenvalue weighted by Gasteiger charge is 2.28. The maximum atomic E-state index is 12.5. The number of rotatable bonds is 6. The van der Waals surface area contributed by atoms with Crippen LogP contribution in [0.5, 0.6) is 0 Å². The topological polar surface area (TPSA) is 90.6 Å². The van der Waals surface area contributed by atoms with Gasteiger partial charge in [0, 0.05) is 58.1 Å². The molecule has 2 fully saturated rings. The Morgan fingerprint density at radius 2 is 2.00 bits per heavy atom. The van der Waals surface area contributed by atoms with E-state index in [0.29, 0.717) is 37.9 Å². The van der Waals surface area contributed by atoms with Crippen molar-refractivity contribution in [2.24, 2.45) is 0 Å². The Morgan fingerprint density at radius 1 is 1.28 bits per heavy atom. The van der Waals surface area contributed by atoms with Crippen LogP contribution in [0.15, 0.2) is 6.07 Å². The third-order valence-electron chi connectivity index (χ3n) is 4.75. The fraction of sp³-hybridized carbons (Fsp3) is 0.706. The van der Waals surface area contributed by atoms with E-state index < -0.39 is 0 Å². The van der Waals surface area contributed by atoms with Crippen LogP contribution in [0.2, 0.25) is 0 Å². The zero-order valence-corrected chi connectivity index (χ0v) is 15.0. The van der Waals surface area contributed by atoms with E-state index in [1.165, 1.54) is 0 Å². The second-order valence-electron chi connectivity index (χ2n) is 6.95. The molecule has 8 heteroatoms. The zero-order chi connectivity index (χ0) is 17.8. The summed E-state index contributed by atoms with van der Waals surface area (Å²) in [5.41, 5.74) is 1.45. The van der Waals surface area contributed by atoms with E-state index in [1.54, 1.807) is 19.0 Å². The van der Waals surface area contributed by atoms with Crippen molar-refractivity contribution in [3.05, 3.63) is 17.5 Å². The molecular formula is C17H27N5O3. The summed E-state index contributed by atoms with van der Waals surface area (Å²) in [6.07, 6.45) is 3.99. The number of carbonyl (C=O) groups is 2. The van der Waals surface area contributed by atoms with E-state index in [1.807, 2.05) is 11.0 Å². The Bertz CT molecular complexity index is 605. The Hall–Kier alpha value is -2.09. The highest BCUT2D eigenvalue weighted by molar-refractivity contribution is 5.92. The average molecular weight is 349 g/mol. The second-order valence-corrected chi connectivity index (χ2v) is 6.95. The van der Waals surface area contributed by atoms with Crippen molar-refractivity contribution in [1.29, 1.82) is 0 Å². The predicted octanol–water partition coefficient (Wildman–Crippen LogP) is 1.18. The highest BCUT2D eigenvalue weighted by Crippen LogP contribution is 2.38. The first-order valence-corrected chi connectivity index (χ1v) is 8.95. The van der Waals surface area contributed by atoms with E-state index in [-0.39, 0.29) is 18.0 Å². The molecule has 1 aromatic heterocycles. The molecule has 3 rings (SSSR count). The molecule has 1 aromatic rings. The lowest BCUT2D eigenvalue weighted by molar-refractivity contribution is 0.0415. The lowest BCUT2D eigenvalue weighted by Gasteiger charge is -2.36. The molecule has 0 atom stereocenters. The largest absolute Gasteiger partial charge is 0.381 e. The first-order valence-electron chi connectivity index (χ1n) is 8.95. The van der Waals surface area contributed by atoms with Crippen LogP contribution in [0.1, 0.15) is 47.8 Å². The molecule has 0 unspecified atom stereocenters. The molecule has 1 aliphatic carbocycles. The maximum Gasteiger partial charge on any atom is 0.319 e. The number of aromatic nitrogens is 2. The third-order valence-corrected chi connectivity index (χ3v) is 4.75. The molecule has 0 spiro atoms. The summed E-state index contributed by atoms with van der Waals surface area (Å²) in [6, 6.07) is 1.96. The van der Waals surface area contributed by atoms with E-state index in [9.17, 15) is 9.59 Å². The Kier molecular flexibility index (Phi) is 5.57. The first kappa shape index (κ1) is 17.7. The van der Waals surface area contributed by atoms with Gasteiger partial charge in [-0.2, -0.15) is 5.10 Å². The van der Waals surface area contributed by atoms with Crippen LogP contribution in [0, 0.1) is 0 Å². The van der Waals surface area contributed by atoms with E-state index in [0.717, 1.165) is 31.4 Å². The van der Waals surface area contributed by atoms with Gasteiger partial charge in [0.1, 0.15) is 5.69 Å². The number of carbonyl (C=O) groups excluding carboxylic acids is 2. The van der Waals surface area contributed by atoms with Crippen LogP contribution >= 0.6 is 0 Å². The summed E-state index contributed by atoms with van der Waals surface area (Å²) in [5.74, 6) is 0.336. The van der Waals surface area contributed by atoms with Gasteiger partial charge in [-0.1, -0.05) is 0 Å². The number of hydrogen-bond donors (Lipinski definition) is 2. The molecule has 2 heterocycles. The molecule has 0 radical (unpaired) electrons. The summed E-state index contributed by atoms with van der Waals surface area (Å²) in [7, 11) is 3.49. The summed E-state index contributed by atoms with van der Waals surface area (Å²) >= 11 is 0. The molecule has 1 saturated heterocycles. The summed E-state index contributed by atoms with van der Waals surface area (Å²) < 4.78 is 5.38. The van der Waals surface area contributed by atoms with Crippen LogP contribution in [0.3, 0.4) is 0 Å². The van der Waals surface area contributed by atoms with Gasteiger partial charge in [-0.25, -0.2) is 4.79 Å². The van der Waals surface area contributed by atoms with Gasteiger partial charge >= 0.3 is 6.03 Å². The van der Waals surface area contributed by atoms with Crippen LogP contribution < -0.4 is 5.32 Å². The van der Waals surface area contributed by atoms with Crippen molar-refractivity contribution in [3.63, 3.8) is 0 Å². The number of nitrogens with one attached hydrogen (secondary N) is 2. The number of nitrogens with zero attached hydrogens (tertiary/aromatic N) is 3. The van der Waals surface area contributed by atoms with Gasteiger partial charge in [0.15, 0.2) is 0 Å². The van der Waals surface area contributed by atoms with Crippen LogP contribution in [0.25, 0.3) is 0 Å². The van der Waals surface area contributed by atoms with Gasteiger partial charge in [-0.15, -0.1) is 0 Å². The quantitative estimate of drug-likeness (QED) is 0.807. The normalized spacial score (nSPS) is 18.0. The Balaban J connectivity index is 1.52. The minimum absolute atomic E-state index is 0.0306. The van der Waals surface area contributed by atoms with Crippen molar-refractivity contribution in [2.75, 3.05) is 40.4 Å². The van der Waals surface area contributed by atoms with Gasteiger partial charge in [-0.3, -0.25) is 9.89 Å². The number of amides is 3. The van der Waals surface area contributed by atoms with Gasteiger partial charge in [-0.05, 0) is 31.7 Å². The number of ether oxygens (including phenoxy) is 1. The average Bonchev–Trinajstić information content (AvgIpc) is 3.35. The molecule has 8 nitrogen and oxygen atoms in total. The summed E-state index contributed by atoms with van der Waals surface area (Å²) in [4.78, 5) is 28.1. The third kappa shape index (κ3) is 4.50. The van der Waals surface area contributed by atoms with E-state index in [2.05, 4.69) is 15.5 Å². The van der Waals surface area contributed by atoms with E-state index >= 15 is 0 Å². The molecule has 3 amide bonds. The second kappa shape index (κ2) is 7.86. The fourth-order valence-corrected chi connectivity index (χ4v) is 3.12. The number of hydrogen-bond acceptors (Lipinski definition) is 4. The molecule has 2 aliphatic rings.